The molecule has 1 fully saturated rings. The van der Waals surface area contributed by atoms with Crippen molar-refractivity contribution in [2.75, 3.05) is 24.5 Å². The van der Waals surface area contributed by atoms with E-state index in [1.165, 1.54) is 6.07 Å². The Bertz CT molecular complexity index is 431. The summed E-state index contributed by atoms with van der Waals surface area (Å²) in [6.45, 7) is 2.39. The molecule has 1 aromatic carbocycles. The fourth-order valence-corrected chi connectivity index (χ4v) is 2.24. The third-order valence-electron chi connectivity index (χ3n) is 3.37. The molecule has 2 N–H and O–H groups in total. The standard InChI is InChI=1S/C13H16FN3/c14-12-7-11(9-16)1-2-13(12)17-5-3-10(8-15)4-6-17/h1-2,7,10H,3-6,8,15H2. The van der Waals surface area contributed by atoms with Gasteiger partial charge in [0, 0.05) is 13.1 Å². The molecule has 0 aromatic heterocycles. The average Bonchev–Trinajstić information content (AvgIpc) is 2.39. The average molecular weight is 233 g/mol. The molecular formula is C13H16FN3. The maximum Gasteiger partial charge on any atom is 0.147 e. The van der Waals surface area contributed by atoms with Gasteiger partial charge in [-0.05, 0) is 43.5 Å². The zero-order valence-corrected chi connectivity index (χ0v) is 9.69. The van der Waals surface area contributed by atoms with E-state index in [4.69, 9.17) is 11.0 Å². The van der Waals surface area contributed by atoms with Crippen molar-refractivity contribution in [2.45, 2.75) is 12.8 Å². The van der Waals surface area contributed by atoms with E-state index in [2.05, 4.69) is 0 Å². The molecule has 17 heavy (non-hydrogen) atoms. The van der Waals surface area contributed by atoms with Gasteiger partial charge in [0.05, 0.1) is 17.3 Å². The molecule has 1 aromatic rings. The van der Waals surface area contributed by atoms with Crippen molar-refractivity contribution in [1.82, 2.24) is 0 Å². The van der Waals surface area contributed by atoms with Crippen molar-refractivity contribution in [3.63, 3.8) is 0 Å². The quantitative estimate of drug-likeness (QED) is 0.848. The Balaban J connectivity index is 2.11. The van der Waals surface area contributed by atoms with E-state index >= 15 is 0 Å². The SMILES string of the molecule is N#Cc1ccc(N2CCC(CN)CC2)c(F)c1. The van der Waals surface area contributed by atoms with Gasteiger partial charge in [-0.3, -0.25) is 0 Å². The number of piperidine rings is 1. The number of nitrogens with zero attached hydrogens (tertiary/aromatic N) is 2. The normalized spacial score (nSPS) is 16.9. The van der Waals surface area contributed by atoms with E-state index in [0.29, 0.717) is 23.7 Å². The van der Waals surface area contributed by atoms with Gasteiger partial charge in [-0.15, -0.1) is 0 Å². The van der Waals surface area contributed by atoms with Crippen LogP contribution >= 0.6 is 0 Å². The zero-order chi connectivity index (χ0) is 12.3. The van der Waals surface area contributed by atoms with E-state index in [1.54, 1.807) is 12.1 Å². The molecule has 1 heterocycles. The highest BCUT2D eigenvalue weighted by molar-refractivity contribution is 5.51. The van der Waals surface area contributed by atoms with Crippen LogP contribution in [0.1, 0.15) is 18.4 Å². The Labute approximate surface area is 101 Å². The monoisotopic (exact) mass is 233 g/mol. The third kappa shape index (κ3) is 2.56. The van der Waals surface area contributed by atoms with Gasteiger partial charge in [0.15, 0.2) is 0 Å². The minimum atomic E-state index is -0.310. The van der Waals surface area contributed by atoms with Crippen LogP contribution in [-0.2, 0) is 0 Å². The first-order chi connectivity index (χ1) is 8.24. The number of nitrogens with two attached hydrogens (primary N) is 1. The van der Waals surface area contributed by atoms with Gasteiger partial charge in [-0.2, -0.15) is 5.26 Å². The highest BCUT2D eigenvalue weighted by Crippen LogP contribution is 2.25. The second-order valence-corrected chi connectivity index (χ2v) is 4.44. The first kappa shape index (κ1) is 11.9. The highest BCUT2D eigenvalue weighted by Gasteiger charge is 2.20. The van der Waals surface area contributed by atoms with Crippen molar-refractivity contribution in [3.05, 3.63) is 29.6 Å². The van der Waals surface area contributed by atoms with E-state index in [1.807, 2.05) is 11.0 Å². The molecule has 0 aliphatic carbocycles. The molecule has 0 saturated carbocycles. The first-order valence-corrected chi connectivity index (χ1v) is 5.89. The van der Waals surface area contributed by atoms with Crippen LogP contribution in [0.2, 0.25) is 0 Å². The lowest BCUT2D eigenvalue weighted by Crippen LogP contribution is -2.36. The van der Waals surface area contributed by atoms with Gasteiger partial charge >= 0.3 is 0 Å². The lowest BCUT2D eigenvalue weighted by Gasteiger charge is -2.33. The smallest absolute Gasteiger partial charge is 0.147 e. The van der Waals surface area contributed by atoms with Gasteiger partial charge in [-0.25, -0.2) is 4.39 Å². The lowest BCUT2D eigenvalue weighted by atomic mass is 9.96. The minimum Gasteiger partial charge on any atom is -0.369 e. The molecular weight excluding hydrogens is 217 g/mol. The number of halogens is 1. The van der Waals surface area contributed by atoms with Crippen molar-refractivity contribution < 1.29 is 4.39 Å². The van der Waals surface area contributed by atoms with Gasteiger partial charge in [0.25, 0.3) is 0 Å². The van der Waals surface area contributed by atoms with E-state index in [-0.39, 0.29) is 5.82 Å². The first-order valence-electron chi connectivity index (χ1n) is 5.89. The molecule has 2 rings (SSSR count). The van der Waals surface area contributed by atoms with Gasteiger partial charge in [0.2, 0.25) is 0 Å². The molecule has 0 radical (unpaired) electrons. The van der Waals surface area contributed by atoms with Crippen molar-refractivity contribution >= 4 is 5.69 Å². The summed E-state index contributed by atoms with van der Waals surface area (Å²) in [6.07, 6.45) is 2.02. The summed E-state index contributed by atoms with van der Waals surface area (Å²) >= 11 is 0. The second kappa shape index (κ2) is 5.15. The van der Waals surface area contributed by atoms with Crippen molar-refractivity contribution in [1.29, 1.82) is 5.26 Å². The van der Waals surface area contributed by atoms with Gasteiger partial charge in [-0.1, -0.05) is 0 Å². The number of anilines is 1. The topological polar surface area (TPSA) is 53.0 Å². The number of nitriles is 1. The summed E-state index contributed by atoms with van der Waals surface area (Å²) in [7, 11) is 0. The maximum atomic E-state index is 13.8. The molecule has 90 valence electrons. The van der Waals surface area contributed by atoms with Crippen LogP contribution in [-0.4, -0.2) is 19.6 Å². The van der Waals surface area contributed by atoms with Crippen LogP contribution in [0.5, 0.6) is 0 Å². The van der Waals surface area contributed by atoms with Crippen LogP contribution < -0.4 is 10.6 Å². The summed E-state index contributed by atoms with van der Waals surface area (Å²) in [5, 5.41) is 8.69. The molecule has 0 amide bonds. The van der Waals surface area contributed by atoms with Crippen LogP contribution in [0.4, 0.5) is 10.1 Å². The fourth-order valence-electron chi connectivity index (χ4n) is 2.24. The summed E-state index contributed by atoms with van der Waals surface area (Å²) in [4.78, 5) is 2.03. The van der Waals surface area contributed by atoms with E-state index < -0.39 is 0 Å². The maximum absolute atomic E-state index is 13.8. The number of rotatable bonds is 2. The summed E-state index contributed by atoms with van der Waals surface area (Å²) in [5.41, 5.74) is 6.59. The summed E-state index contributed by atoms with van der Waals surface area (Å²) in [6, 6.07) is 6.59. The number of hydrogen-bond acceptors (Lipinski definition) is 3. The molecule has 1 saturated heterocycles. The molecule has 0 spiro atoms. The summed E-state index contributed by atoms with van der Waals surface area (Å²) in [5.74, 6) is 0.253. The largest absolute Gasteiger partial charge is 0.369 e. The Morgan fingerprint density at radius 3 is 2.65 bits per heavy atom. The molecule has 4 heteroatoms. The summed E-state index contributed by atoms with van der Waals surface area (Å²) < 4.78 is 13.8. The molecule has 1 aliphatic rings. The predicted octanol–water partition coefficient (Wildman–Crippen LogP) is 1.87. The Hall–Kier alpha value is -1.60. The third-order valence-corrected chi connectivity index (χ3v) is 3.37. The highest BCUT2D eigenvalue weighted by atomic mass is 19.1. The molecule has 1 aliphatic heterocycles. The number of hydrogen-bond donors (Lipinski definition) is 1. The Morgan fingerprint density at radius 1 is 1.41 bits per heavy atom. The zero-order valence-electron chi connectivity index (χ0n) is 9.69. The van der Waals surface area contributed by atoms with Gasteiger partial charge < -0.3 is 10.6 Å². The number of benzene rings is 1. The van der Waals surface area contributed by atoms with Crippen LogP contribution in [0, 0.1) is 23.1 Å². The second-order valence-electron chi connectivity index (χ2n) is 4.44. The predicted molar refractivity (Wildman–Crippen MR) is 65.1 cm³/mol. The lowest BCUT2D eigenvalue weighted by molar-refractivity contribution is 0.411. The van der Waals surface area contributed by atoms with Crippen molar-refractivity contribution in [3.8, 4) is 6.07 Å². The minimum absolute atomic E-state index is 0.310. The Kier molecular flexibility index (Phi) is 3.60. The fraction of sp³-hybridized carbons (Fsp3) is 0.462. The molecule has 0 unspecified atom stereocenters. The molecule has 0 atom stereocenters. The van der Waals surface area contributed by atoms with E-state index in [9.17, 15) is 4.39 Å². The van der Waals surface area contributed by atoms with Gasteiger partial charge in [0.1, 0.15) is 5.82 Å². The van der Waals surface area contributed by atoms with Crippen LogP contribution in [0.15, 0.2) is 18.2 Å². The molecule has 0 bridgehead atoms. The molecule has 3 nitrogen and oxygen atoms in total. The van der Waals surface area contributed by atoms with Crippen LogP contribution in [0.3, 0.4) is 0 Å². The Morgan fingerprint density at radius 2 is 2.12 bits per heavy atom. The van der Waals surface area contributed by atoms with Crippen molar-refractivity contribution in [2.24, 2.45) is 11.7 Å². The van der Waals surface area contributed by atoms with Crippen LogP contribution in [0.25, 0.3) is 0 Å². The van der Waals surface area contributed by atoms with E-state index in [0.717, 1.165) is 25.9 Å².